The molecule has 1 unspecified atom stereocenters. The van der Waals surface area contributed by atoms with Crippen LogP contribution in [-0.4, -0.2) is 125 Å². The van der Waals surface area contributed by atoms with Crippen LogP contribution in [0.15, 0.2) is 24.3 Å². The van der Waals surface area contributed by atoms with Crippen molar-refractivity contribution in [2.75, 3.05) is 85.5 Å². The summed E-state index contributed by atoms with van der Waals surface area (Å²) in [6, 6.07) is 0. The fourth-order valence-corrected chi connectivity index (χ4v) is 7.30. The van der Waals surface area contributed by atoms with E-state index >= 15 is 0 Å². The van der Waals surface area contributed by atoms with E-state index in [4.69, 9.17) is 28.4 Å². The van der Waals surface area contributed by atoms with Crippen molar-refractivity contribution < 1.29 is 47.9 Å². The average Bonchev–Trinajstić information content (AvgIpc) is 3.28. The zero-order valence-corrected chi connectivity index (χ0v) is 40.6. The number of aliphatic hydroxyl groups excluding tert-OH is 1. The molecule has 0 bridgehead atoms. The maximum Gasteiger partial charge on any atom is 0.508 e. The molecule has 1 fully saturated rings. The van der Waals surface area contributed by atoms with Crippen LogP contribution in [0.4, 0.5) is 4.79 Å². The molecule has 1 rings (SSSR count). The van der Waals surface area contributed by atoms with E-state index in [1.54, 1.807) is 0 Å². The quantitative estimate of drug-likeness (QED) is 0.0205. The Morgan fingerprint density at radius 1 is 0.508 bits per heavy atom. The van der Waals surface area contributed by atoms with E-state index in [0.29, 0.717) is 39.1 Å². The van der Waals surface area contributed by atoms with Gasteiger partial charge in [0.25, 0.3) is 0 Å². The number of rotatable bonds is 44. The molecule has 12 heteroatoms. The number of unbranched alkanes of at least 4 members (excludes halogenated alkanes) is 18. The minimum atomic E-state index is -0.811. The number of allylic oxidation sites excluding steroid dienone is 4. The lowest BCUT2D eigenvalue weighted by Crippen LogP contribution is -2.48. The Balaban J connectivity index is 2.55. The third kappa shape index (κ3) is 38.5. The Morgan fingerprint density at radius 2 is 0.968 bits per heavy atom. The number of hydrogen-bond acceptors (Lipinski definition) is 12. The van der Waals surface area contributed by atoms with Gasteiger partial charge in [0.2, 0.25) is 0 Å². The molecule has 0 aromatic rings. The second-order valence-electron chi connectivity index (χ2n) is 17.3. The van der Waals surface area contributed by atoms with E-state index < -0.39 is 24.3 Å². The summed E-state index contributed by atoms with van der Waals surface area (Å²) in [6.45, 7) is 12.6. The second-order valence-corrected chi connectivity index (χ2v) is 17.3. The van der Waals surface area contributed by atoms with E-state index in [9.17, 15) is 19.5 Å². The monoisotopic (exact) mass is 895 g/mol. The molecular weight excluding hydrogens is 801 g/mol. The van der Waals surface area contributed by atoms with Crippen molar-refractivity contribution in [3.8, 4) is 0 Å². The van der Waals surface area contributed by atoms with E-state index in [1.807, 2.05) is 0 Å². The van der Waals surface area contributed by atoms with Gasteiger partial charge in [-0.1, -0.05) is 141 Å². The SMILES string of the molecule is CCCCC/C=C\C/C=C\CCCCCCCC(=O)OCC(COC(=O)CCC(OCCCCCCCC)OCCCCCCCC)COC(=O)OCCN1CCN(CCO)CC1. The van der Waals surface area contributed by atoms with Gasteiger partial charge in [-0.2, -0.15) is 0 Å². The number of aliphatic hydroxyl groups is 1. The maximum absolute atomic E-state index is 13.0. The molecule has 12 nitrogen and oxygen atoms in total. The number of nitrogens with zero attached hydrogens (tertiary/aromatic N) is 2. The molecule has 1 aliphatic rings. The maximum atomic E-state index is 13.0. The summed E-state index contributed by atoms with van der Waals surface area (Å²) in [5.41, 5.74) is 0. The number of carbonyl (C=O) groups is 3. The van der Waals surface area contributed by atoms with Crippen LogP contribution in [0.1, 0.15) is 188 Å². The predicted molar refractivity (Wildman–Crippen MR) is 254 cm³/mol. The van der Waals surface area contributed by atoms with Crippen molar-refractivity contribution in [2.45, 2.75) is 194 Å². The van der Waals surface area contributed by atoms with Crippen molar-refractivity contribution in [3.63, 3.8) is 0 Å². The van der Waals surface area contributed by atoms with Gasteiger partial charge in [0, 0.05) is 65.3 Å². The molecule has 0 aromatic carbocycles. The van der Waals surface area contributed by atoms with E-state index in [1.165, 1.54) is 77.0 Å². The molecule has 0 aliphatic carbocycles. The van der Waals surface area contributed by atoms with Crippen LogP contribution in [0.2, 0.25) is 0 Å². The fraction of sp³-hybridized carbons (Fsp3) is 0.863. The van der Waals surface area contributed by atoms with E-state index in [-0.39, 0.29) is 45.4 Å². The summed E-state index contributed by atoms with van der Waals surface area (Å²) in [7, 11) is 0. The lowest BCUT2D eigenvalue weighted by Gasteiger charge is -2.34. The van der Waals surface area contributed by atoms with Crippen LogP contribution >= 0.6 is 0 Å². The van der Waals surface area contributed by atoms with Gasteiger partial charge in [0.05, 0.1) is 18.9 Å². The zero-order chi connectivity index (χ0) is 45.7. The molecule has 63 heavy (non-hydrogen) atoms. The van der Waals surface area contributed by atoms with E-state index in [2.05, 4.69) is 54.9 Å². The molecule has 1 aliphatic heterocycles. The Kier molecular flexibility index (Phi) is 41.5. The van der Waals surface area contributed by atoms with Gasteiger partial charge in [-0.05, 0) is 51.4 Å². The smallest absolute Gasteiger partial charge is 0.465 e. The van der Waals surface area contributed by atoms with Crippen molar-refractivity contribution in [1.29, 1.82) is 0 Å². The number of esters is 2. The van der Waals surface area contributed by atoms with Gasteiger partial charge in [0.1, 0.15) is 26.4 Å². The Labute approximate surface area is 384 Å². The molecule has 0 radical (unpaired) electrons. The lowest BCUT2D eigenvalue weighted by atomic mass is 10.1. The van der Waals surface area contributed by atoms with Crippen LogP contribution in [0.5, 0.6) is 0 Å². The molecule has 1 saturated heterocycles. The molecule has 368 valence electrons. The number of piperazine rings is 1. The first-order chi connectivity index (χ1) is 30.9. The number of β-amino-alcohol motifs (C(OH)–C–C–N with tert-alkyl or cyclic N) is 1. The first-order valence-electron chi connectivity index (χ1n) is 25.6. The van der Waals surface area contributed by atoms with Crippen molar-refractivity contribution in [2.24, 2.45) is 5.92 Å². The fourth-order valence-electron chi connectivity index (χ4n) is 7.30. The lowest BCUT2D eigenvalue weighted by molar-refractivity contribution is -0.161. The van der Waals surface area contributed by atoms with Crippen LogP contribution < -0.4 is 0 Å². The topological polar surface area (TPSA) is 133 Å². The van der Waals surface area contributed by atoms with Gasteiger partial charge in [0.15, 0.2) is 6.29 Å². The molecule has 0 aromatic heterocycles. The third-order valence-electron chi connectivity index (χ3n) is 11.4. The summed E-state index contributed by atoms with van der Waals surface area (Å²) in [6.07, 6.45) is 34.8. The highest BCUT2D eigenvalue weighted by atomic mass is 16.7. The summed E-state index contributed by atoms with van der Waals surface area (Å²) in [5.74, 6) is -1.26. The van der Waals surface area contributed by atoms with Crippen molar-refractivity contribution in [1.82, 2.24) is 9.80 Å². The minimum Gasteiger partial charge on any atom is -0.465 e. The summed E-state index contributed by atoms with van der Waals surface area (Å²) in [4.78, 5) is 42.7. The summed E-state index contributed by atoms with van der Waals surface area (Å²) in [5, 5.41) is 9.18. The Bertz CT molecular complexity index is 1100. The highest BCUT2D eigenvalue weighted by Gasteiger charge is 2.21. The van der Waals surface area contributed by atoms with E-state index in [0.717, 1.165) is 96.8 Å². The van der Waals surface area contributed by atoms with Crippen molar-refractivity contribution in [3.05, 3.63) is 24.3 Å². The normalized spacial score (nSPS) is 14.2. The largest absolute Gasteiger partial charge is 0.508 e. The van der Waals surface area contributed by atoms with Gasteiger partial charge < -0.3 is 33.5 Å². The van der Waals surface area contributed by atoms with Crippen LogP contribution in [0.25, 0.3) is 0 Å². The average molecular weight is 895 g/mol. The molecule has 1 atom stereocenters. The number of carbonyl (C=O) groups excluding carboxylic acids is 3. The molecule has 0 saturated carbocycles. The first kappa shape index (κ1) is 58.5. The summed E-state index contributed by atoms with van der Waals surface area (Å²) >= 11 is 0. The molecule has 1 N–H and O–H groups in total. The van der Waals surface area contributed by atoms with Crippen LogP contribution in [0, 0.1) is 5.92 Å². The van der Waals surface area contributed by atoms with Gasteiger partial charge >= 0.3 is 18.1 Å². The molecule has 0 spiro atoms. The summed E-state index contributed by atoms with van der Waals surface area (Å²) < 4.78 is 34.2. The Morgan fingerprint density at radius 3 is 1.54 bits per heavy atom. The number of hydrogen-bond donors (Lipinski definition) is 1. The minimum absolute atomic E-state index is 0.0386. The standard InChI is InChI=1S/C51H94N2O10/c1-4-7-10-13-16-17-18-19-20-21-22-23-24-25-28-31-48(55)61-44-47(46-63-51(57)60-43-39-53-36-34-52(35-37-53)38-40-54)45-62-49(56)32-33-50(58-41-29-26-14-11-8-5-2)59-42-30-27-15-12-9-6-3/h16-17,19-20,47,50,54H,4-15,18,21-46H2,1-3H3/b17-16-,20-19-. The van der Waals surface area contributed by atoms with Gasteiger partial charge in [-0.3, -0.25) is 19.4 Å². The van der Waals surface area contributed by atoms with Gasteiger partial charge in [-0.25, -0.2) is 4.79 Å². The molecule has 0 amide bonds. The predicted octanol–water partition coefficient (Wildman–Crippen LogP) is 11.1. The Hall–Kier alpha value is -2.51. The zero-order valence-electron chi connectivity index (χ0n) is 40.6. The van der Waals surface area contributed by atoms with Crippen molar-refractivity contribution >= 4 is 18.1 Å². The van der Waals surface area contributed by atoms with Crippen LogP contribution in [0.3, 0.4) is 0 Å². The molecular formula is C51H94N2O10. The second kappa shape index (κ2) is 44.7. The van der Waals surface area contributed by atoms with Gasteiger partial charge in [-0.15, -0.1) is 0 Å². The van der Waals surface area contributed by atoms with Crippen LogP contribution in [-0.2, 0) is 38.0 Å². The molecule has 1 heterocycles. The highest BCUT2D eigenvalue weighted by Crippen LogP contribution is 2.14. The number of ether oxygens (including phenoxy) is 6. The third-order valence-corrected chi connectivity index (χ3v) is 11.4. The highest BCUT2D eigenvalue weighted by molar-refractivity contribution is 5.69. The first-order valence-corrected chi connectivity index (χ1v) is 25.6.